The molecular formula is C14H15N3O2. The molecule has 2 aromatic heterocycles. The molecule has 1 aliphatic rings. The Morgan fingerprint density at radius 2 is 2.37 bits per heavy atom. The number of aromatic hydroxyl groups is 1. The number of carbonyl (C=O) groups excluding carboxylic acids is 1. The summed E-state index contributed by atoms with van der Waals surface area (Å²) in [5, 5.41) is 9.42. The van der Waals surface area contributed by atoms with Crippen molar-refractivity contribution in [1.29, 1.82) is 0 Å². The molecule has 5 heteroatoms. The minimum absolute atomic E-state index is 0.0153. The topological polar surface area (TPSA) is 69.2 Å². The molecule has 2 N–H and O–H groups in total. The molecule has 2 aromatic rings. The van der Waals surface area contributed by atoms with Crippen LogP contribution < -0.4 is 0 Å². The maximum atomic E-state index is 12.5. The molecule has 0 aromatic carbocycles. The minimum Gasteiger partial charge on any atom is -0.506 e. The van der Waals surface area contributed by atoms with Gasteiger partial charge in [0.15, 0.2) is 0 Å². The first-order valence-corrected chi connectivity index (χ1v) is 6.34. The highest BCUT2D eigenvalue weighted by Crippen LogP contribution is 2.32. The quantitative estimate of drug-likeness (QED) is 0.865. The van der Waals surface area contributed by atoms with E-state index in [0.29, 0.717) is 5.56 Å². The predicted octanol–water partition coefficient (Wildman–Crippen LogP) is 2.09. The molecule has 3 rings (SSSR count). The fourth-order valence-electron chi connectivity index (χ4n) is 2.60. The first kappa shape index (κ1) is 11.8. The Labute approximate surface area is 110 Å². The van der Waals surface area contributed by atoms with Crippen LogP contribution in [-0.2, 0) is 0 Å². The minimum atomic E-state index is -0.0829. The third-order valence-electron chi connectivity index (χ3n) is 3.47. The zero-order chi connectivity index (χ0) is 13.2. The summed E-state index contributed by atoms with van der Waals surface area (Å²) in [5.41, 5.74) is 1.48. The van der Waals surface area contributed by atoms with Crippen molar-refractivity contribution < 1.29 is 9.90 Å². The van der Waals surface area contributed by atoms with E-state index >= 15 is 0 Å². The molecular weight excluding hydrogens is 242 g/mol. The standard InChI is InChI=1S/C14H15N3O2/c18-11-7-10(8-15-9-11)14(19)17-6-2-4-13(17)12-3-1-5-16-12/h1,3,5,7-9,13,16,18H,2,4,6H2. The fraction of sp³-hybridized carbons (Fsp3) is 0.286. The van der Waals surface area contributed by atoms with Gasteiger partial charge in [0.2, 0.25) is 0 Å². The van der Waals surface area contributed by atoms with Crippen LogP contribution in [0.2, 0.25) is 0 Å². The highest BCUT2D eigenvalue weighted by molar-refractivity contribution is 5.94. The first-order valence-electron chi connectivity index (χ1n) is 6.34. The molecule has 0 saturated carbocycles. The number of aromatic nitrogens is 2. The van der Waals surface area contributed by atoms with Crippen LogP contribution >= 0.6 is 0 Å². The van der Waals surface area contributed by atoms with E-state index in [0.717, 1.165) is 25.1 Å². The third-order valence-corrected chi connectivity index (χ3v) is 3.47. The second-order valence-electron chi connectivity index (χ2n) is 4.71. The lowest BCUT2D eigenvalue weighted by Gasteiger charge is -2.24. The van der Waals surface area contributed by atoms with Gasteiger partial charge in [0, 0.05) is 24.6 Å². The lowest BCUT2D eigenvalue weighted by molar-refractivity contribution is 0.0732. The third kappa shape index (κ3) is 2.19. The fourth-order valence-corrected chi connectivity index (χ4v) is 2.60. The predicted molar refractivity (Wildman–Crippen MR) is 69.7 cm³/mol. The molecule has 98 valence electrons. The van der Waals surface area contributed by atoms with E-state index in [1.54, 1.807) is 0 Å². The SMILES string of the molecule is O=C(c1cncc(O)c1)N1CCCC1c1ccc[nH]1. The van der Waals surface area contributed by atoms with Crippen LogP contribution in [0.5, 0.6) is 5.75 Å². The van der Waals surface area contributed by atoms with Crippen LogP contribution in [0.4, 0.5) is 0 Å². The molecule has 3 heterocycles. The smallest absolute Gasteiger partial charge is 0.256 e. The lowest BCUT2D eigenvalue weighted by Crippen LogP contribution is -2.30. The molecule has 0 aliphatic carbocycles. The van der Waals surface area contributed by atoms with E-state index < -0.39 is 0 Å². The lowest BCUT2D eigenvalue weighted by atomic mass is 10.1. The summed E-state index contributed by atoms with van der Waals surface area (Å²) in [6.07, 6.45) is 6.63. The molecule has 0 spiro atoms. The van der Waals surface area contributed by atoms with Crippen molar-refractivity contribution in [2.45, 2.75) is 18.9 Å². The van der Waals surface area contributed by atoms with Gasteiger partial charge in [-0.05, 0) is 31.0 Å². The Morgan fingerprint density at radius 1 is 1.47 bits per heavy atom. The van der Waals surface area contributed by atoms with E-state index in [-0.39, 0.29) is 17.7 Å². The number of amides is 1. The summed E-state index contributed by atoms with van der Waals surface area (Å²) >= 11 is 0. The Balaban J connectivity index is 1.87. The number of carbonyl (C=O) groups is 1. The van der Waals surface area contributed by atoms with E-state index in [4.69, 9.17) is 0 Å². The van der Waals surface area contributed by atoms with Crippen LogP contribution in [0, 0.1) is 0 Å². The van der Waals surface area contributed by atoms with Gasteiger partial charge < -0.3 is 15.0 Å². The van der Waals surface area contributed by atoms with Crippen molar-refractivity contribution in [2.24, 2.45) is 0 Å². The van der Waals surface area contributed by atoms with Gasteiger partial charge in [0.25, 0.3) is 5.91 Å². The zero-order valence-electron chi connectivity index (χ0n) is 10.4. The first-order chi connectivity index (χ1) is 9.25. The van der Waals surface area contributed by atoms with Crippen molar-refractivity contribution in [3.63, 3.8) is 0 Å². The van der Waals surface area contributed by atoms with E-state index in [1.807, 2.05) is 23.2 Å². The van der Waals surface area contributed by atoms with Crippen molar-refractivity contribution >= 4 is 5.91 Å². The van der Waals surface area contributed by atoms with Gasteiger partial charge in [0.1, 0.15) is 5.75 Å². The Hall–Kier alpha value is -2.30. The zero-order valence-corrected chi connectivity index (χ0v) is 10.4. The number of H-pyrrole nitrogens is 1. The maximum Gasteiger partial charge on any atom is 0.256 e. The second kappa shape index (κ2) is 4.76. The van der Waals surface area contributed by atoms with Gasteiger partial charge in [-0.1, -0.05) is 0 Å². The van der Waals surface area contributed by atoms with Crippen LogP contribution in [-0.4, -0.2) is 32.4 Å². The van der Waals surface area contributed by atoms with Crippen LogP contribution in [0.25, 0.3) is 0 Å². The van der Waals surface area contributed by atoms with Crippen molar-refractivity contribution in [3.8, 4) is 5.75 Å². The molecule has 1 amide bonds. The highest BCUT2D eigenvalue weighted by atomic mass is 16.3. The van der Waals surface area contributed by atoms with Gasteiger partial charge in [-0.3, -0.25) is 9.78 Å². The van der Waals surface area contributed by atoms with Gasteiger partial charge in [-0.2, -0.15) is 0 Å². The maximum absolute atomic E-state index is 12.5. The summed E-state index contributed by atoms with van der Waals surface area (Å²) < 4.78 is 0. The van der Waals surface area contributed by atoms with Crippen LogP contribution in [0.15, 0.2) is 36.8 Å². The number of aromatic amines is 1. The van der Waals surface area contributed by atoms with E-state index in [2.05, 4.69) is 9.97 Å². The van der Waals surface area contributed by atoms with Gasteiger partial charge >= 0.3 is 0 Å². The molecule has 1 unspecified atom stereocenters. The van der Waals surface area contributed by atoms with Crippen LogP contribution in [0.1, 0.15) is 34.9 Å². The van der Waals surface area contributed by atoms with Crippen molar-refractivity contribution in [2.75, 3.05) is 6.54 Å². The monoisotopic (exact) mass is 257 g/mol. The molecule has 1 atom stereocenters. The summed E-state index contributed by atoms with van der Waals surface area (Å²) in [7, 11) is 0. The van der Waals surface area contributed by atoms with Crippen molar-refractivity contribution in [1.82, 2.24) is 14.9 Å². The average Bonchev–Trinajstić information content (AvgIpc) is 3.08. The summed E-state index contributed by atoms with van der Waals surface area (Å²) in [5.74, 6) is -0.0676. The Bertz CT molecular complexity index is 580. The Morgan fingerprint density at radius 3 is 3.11 bits per heavy atom. The van der Waals surface area contributed by atoms with Gasteiger partial charge in [-0.25, -0.2) is 0 Å². The number of pyridine rings is 1. The van der Waals surface area contributed by atoms with E-state index in [9.17, 15) is 9.90 Å². The summed E-state index contributed by atoms with van der Waals surface area (Å²) in [6.45, 7) is 0.734. The molecule has 1 fully saturated rings. The Kier molecular flexibility index (Phi) is 2.95. The van der Waals surface area contributed by atoms with Gasteiger partial charge in [-0.15, -0.1) is 0 Å². The number of rotatable bonds is 2. The molecule has 1 saturated heterocycles. The summed E-state index contributed by atoms with van der Waals surface area (Å²) in [6, 6.07) is 5.48. The normalized spacial score (nSPS) is 18.7. The molecule has 0 bridgehead atoms. The number of likely N-dealkylation sites (tertiary alicyclic amines) is 1. The average molecular weight is 257 g/mol. The van der Waals surface area contributed by atoms with Gasteiger partial charge in [0.05, 0.1) is 17.8 Å². The highest BCUT2D eigenvalue weighted by Gasteiger charge is 2.31. The van der Waals surface area contributed by atoms with Crippen LogP contribution in [0.3, 0.4) is 0 Å². The molecule has 0 radical (unpaired) electrons. The summed E-state index contributed by atoms with van der Waals surface area (Å²) in [4.78, 5) is 21.3. The molecule has 5 nitrogen and oxygen atoms in total. The van der Waals surface area contributed by atoms with Crippen molar-refractivity contribution in [3.05, 3.63) is 48.0 Å². The number of nitrogens with zero attached hydrogens (tertiary/aromatic N) is 2. The number of nitrogens with one attached hydrogen (secondary N) is 1. The number of hydrogen-bond acceptors (Lipinski definition) is 3. The molecule has 1 aliphatic heterocycles. The van der Waals surface area contributed by atoms with E-state index in [1.165, 1.54) is 18.5 Å². The number of hydrogen-bond donors (Lipinski definition) is 2. The molecule has 19 heavy (non-hydrogen) atoms. The largest absolute Gasteiger partial charge is 0.506 e. The second-order valence-corrected chi connectivity index (χ2v) is 4.71.